The van der Waals surface area contributed by atoms with E-state index in [1.54, 1.807) is 0 Å². The van der Waals surface area contributed by atoms with Gasteiger partial charge < -0.3 is 4.90 Å². The topological polar surface area (TPSA) is 18.5 Å². The van der Waals surface area contributed by atoms with Crippen LogP contribution in [0.1, 0.15) is 25.7 Å². The summed E-state index contributed by atoms with van der Waals surface area (Å²) in [7, 11) is 4.36. The fourth-order valence-corrected chi connectivity index (χ4v) is 2.14. The van der Waals surface area contributed by atoms with Crippen LogP contribution in [0.3, 0.4) is 0 Å². The van der Waals surface area contributed by atoms with E-state index in [1.165, 1.54) is 45.3 Å². The average Bonchev–Trinajstić information content (AvgIpc) is 2.82. The van der Waals surface area contributed by atoms with Crippen LogP contribution in [0, 0.1) is 5.92 Å². The summed E-state index contributed by atoms with van der Waals surface area (Å²) in [5, 5.41) is 2.40. The number of hydrazine groups is 1. The fourth-order valence-electron chi connectivity index (χ4n) is 2.14. The van der Waals surface area contributed by atoms with Crippen molar-refractivity contribution in [3.8, 4) is 0 Å². The third-order valence-corrected chi connectivity index (χ3v) is 3.48. The Morgan fingerprint density at radius 3 is 2.64 bits per heavy atom. The van der Waals surface area contributed by atoms with Gasteiger partial charge in [0, 0.05) is 25.7 Å². The summed E-state index contributed by atoms with van der Waals surface area (Å²) in [5.41, 5.74) is 3.54. The van der Waals surface area contributed by atoms with Crippen LogP contribution in [0.5, 0.6) is 0 Å². The molecule has 1 saturated heterocycles. The highest BCUT2D eigenvalue weighted by molar-refractivity contribution is 4.79. The first-order valence-electron chi connectivity index (χ1n) is 5.90. The minimum atomic E-state index is 0.753. The molecule has 1 aliphatic carbocycles. The highest BCUT2D eigenvalue weighted by Gasteiger charge is 2.24. The second kappa shape index (κ2) is 4.60. The van der Waals surface area contributed by atoms with E-state index in [9.17, 15) is 0 Å². The molecule has 1 heterocycles. The van der Waals surface area contributed by atoms with Crippen molar-refractivity contribution in [3.05, 3.63) is 0 Å². The number of nitrogens with one attached hydrogen (secondary N) is 1. The van der Waals surface area contributed by atoms with Crippen LogP contribution in [0.15, 0.2) is 0 Å². The molecule has 0 aromatic heterocycles. The van der Waals surface area contributed by atoms with Crippen molar-refractivity contribution >= 4 is 0 Å². The molecule has 1 saturated carbocycles. The predicted octanol–water partition coefficient (Wildman–Crippen LogP) is 0.927. The molecular formula is C11H23N3. The Bertz CT molecular complexity index is 177. The van der Waals surface area contributed by atoms with Crippen molar-refractivity contribution in [1.29, 1.82) is 0 Å². The number of hydrogen-bond donors (Lipinski definition) is 1. The zero-order valence-corrected chi connectivity index (χ0v) is 9.50. The van der Waals surface area contributed by atoms with Gasteiger partial charge in [0.2, 0.25) is 0 Å². The molecule has 1 aliphatic heterocycles. The van der Waals surface area contributed by atoms with Gasteiger partial charge in [-0.25, -0.2) is 5.01 Å². The molecule has 3 heteroatoms. The maximum Gasteiger partial charge on any atom is 0.0287 e. The zero-order valence-electron chi connectivity index (χ0n) is 9.50. The molecule has 0 amide bonds. The maximum absolute atomic E-state index is 3.54. The van der Waals surface area contributed by atoms with E-state index in [4.69, 9.17) is 0 Å². The van der Waals surface area contributed by atoms with Gasteiger partial charge >= 0.3 is 0 Å². The molecule has 14 heavy (non-hydrogen) atoms. The highest BCUT2D eigenvalue weighted by Crippen LogP contribution is 2.31. The van der Waals surface area contributed by atoms with Gasteiger partial charge in [0.1, 0.15) is 0 Å². The van der Waals surface area contributed by atoms with Gasteiger partial charge in [0.15, 0.2) is 0 Å². The largest absolute Gasteiger partial charge is 0.305 e. The van der Waals surface area contributed by atoms with Gasteiger partial charge in [-0.15, -0.1) is 0 Å². The van der Waals surface area contributed by atoms with Crippen LogP contribution < -0.4 is 5.43 Å². The normalized spacial score (nSPS) is 28.9. The van der Waals surface area contributed by atoms with Crippen molar-refractivity contribution in [2.24, 2.45) is 5.92 Å². The molecule has 0 aromatic carbocycles. The first kappa shape index (κ1) is 10.4. The molecule has 0 spiro atoms. The highest BCUT2D eigenvalue weighted by atomic mass is 15.5. The van der Waals surface area contributed by atoms with Crippen LogP contribution in [0.4, 0.5) is 0 Å². The van der Waals surface area contributed by atoms with E-state index < -0.39 is 0 Å². The molecule has 1 N–H and O–H groups in total. The maximum atomic E-state index is 3.54. The third-order valence-electron chi connectivity index (χ3n) is 3.48. The number of rotatable bonds is 5. The van der Waals surface area contributed by atoms with Crippen molar-refractivity contribution < 1.29 is 0 Å². The van der Waals surface area contributed by atoms with Crippen molar-refractivity contribution in [2.45, 2.75) is 31.7 Å². The SMILES string of the molecule is CN(C)C1CCN(NCCC2CC2)C1. The lowest BCUT2D eigenvalue weighted by molar-refractivity contribution is 0.206. The third kappa shape index (κ3) is 2.94. The van der Waals surface area contributed by atoms with Crippen LogP contribution in [-0.2, 0) is 0 Å². The van der Waals surface area contributed by atoms with E-state index in [0.29, 0.717) is 0 Å². The standard InChI is InChI=1S/C11H23N3/c1-13(2)11-6-8-14(9-11)12-7-5-10-3-4-10/h10-12H,3-9H2,1-2H3. The molecule has 2 aliphatic rings. The van der Waals surface area contributed by atoms with Gasteiger partial charge in [-0.05, 0) is 32.9 Å². The van der Waals surface area contributed by atoms with E-state index >= 15 is 0 Å². The Hall–Kier alpha value is -0.120. The van der Waals surface area contributed by atoms with Crippen LogP contribution in [0.2, 0.25) is 0 Å². The second-order valence-corrected chi connectivity index (χ2v) is 4.99. The monoisotopic (exact) mass is 197 g/mol. The Morgan fingerprint density at radius 1 is 1.29 bits per heavy atom. The van der Waals surface area contributed by atoms with E-state index in [2.05, 4.69) is 29.4 Å². The minimum Gasteiger partial charge on any atom is -0.305 e. The Morgan fingerprint density at radius 2 is 2.07 bits per heavy atom. The minimum absolute atomic E-state index is 0.753. The Balaban J connectivity index is 1.58. The van der Waals surface area contributed by atoms with Crippen LogP contribution in [-0.4, -0.2) is 49.7 Å². The number of hydrogen-bond acceptors (Lipinski definition) is 3. The summed E-state index contributed by atoms with van der Waals surface area (Å²) < 4.78 is 0. The summed E-state index contributed by atoms with van der Waals surface area (Å²) in [6.45, 7) is 3.59. The summed E-state index contributed by atoms with van der Waals surface area (Å²) in [6, 6.07) is 0.753. The molecule has 0 radical (unpaired) electrons. The van der Waals surface area contributed by atoms with E-state index in [1.807, 2.05) is 0 Å². The predicted molar refractivity (Wildman–Crippen MR) is 59.0 cm³/mol. The molecule has 2 rings (SSSR count). The number of nitrogens with zero attached hydrogens (tertiary/aromatic N) is 2. The lowest BCUT2D eigenvalue weighted by Crippen LogP contribution is -2.39. The molecule has 0 bridgehead atoms. The first-order valence-corrected chi connectivity index (χ1v) is 5.90. The summed E-state index contributed by atoms with van der Waals surface area (Å²) >= 11 is 0. The molecule has 2 fully saturated rings. The molecule has 1 unspecified atom stereocenters. The average molecular weight is 197 g/mol. The smallest absolute Gasteiger partial charge is 0.0287 e. The van der Waals surface area contributed by atoms with Crippen molar-refractivity contribution in [3.63, 3.8) is 0 Å². The zero-order chi connectivity index (χ0) is 9.97. The second-order valence-electron chi connectivity index (χ2n) is 4.99. The quantitative estimate of drug-likeness (QED) is 0.707. The van der Waals surface area contributed by atoms with Crippen LogP contribution in [0.25, 0.3) is 0 Å². The van der Waals surface area contributed by atoms with Gasteiger partial charge in [-0.3, -0.25) is 5.43 Å². The Labute approximate surface area is 87.4 Å². The van der Waals surface area contributed by atoms with Crippen molar-refractivity contribution in [2.75, 3.05) is 33.7 Å². The fraction of sp³-hybridized carbons (Fsp3) is 1.00. The van der Waals surface area contributed by atoms with Gasteiger partial charge in [-0.1, -0.05) is 12.8 Å². The van der Waals surface area contributed by atoms with E-state index in [0.717, 1.165) is 12.0 Å². The molecule has 1 atom stereocenters. The first-order chi connectivity index (χ1) is 6.75. The summed E-state index contributed by atoms with van der Waals surface area (Å²) in [4.78, 5) is 2.34. The molecule has 3 nitrogen and oxygen atoms in total. The Kier molecular flexibility index (Phi) is 3.42. The van der Waals surface area contributed by atoms with Crippen LogP contribution >= 0.6 is 0 Å². The van der Waals surface area contributed by atoms with Gasteiger partial charge in [0.25, 0.3) is 0 Å². The van der Waals surface area contributed by atoms with E-state index in [-0.39, 0.29) is 0 Å². The van der Waals surface area contributed by atoms with Gasteiger partial charge in [-0.2, -0.15) is 0 Å². The lowest BCUT2D eigenvalue weighted by Gasteiger charge is -2.20. The lowest BCUT2D eigenvalue weighted by atomic mass is 10.2. The molecule has 82 valence electrons. The molecular weight excluding hydrogens is 174 g/mol. The van der Waals surface area contributed by atoms with Crippen molar-refractivity contribution in [1.82, 2.24) is 15.3 Å². The van der Waals surface area contributed by atoms with Gasteiger partial charge in [0.05, 0.1) is 0 Å². The summed E-state index contributed by atoms with van der Waals surface area (Å²) in [6.07, 6.45) is 5.64. The number of likely N-dealkylation sites (N-methyl/N-ethyl adjacent to an activating group) is 1. The molecule has 0 aromatic rings. The summed E-state index contributed by atoms with van der Waals surface area (Å²) in [5.74, 6) is 1.05.